The smallest absolute Gasteiger partial charge is 0.179 e. The maximum Gasteiger partial charge on any atom is 0.179 e. The summed E-state index contributed by atoms with van der Waals surface area (Å²) >= 11 is 0. The fraction of sp³-hybridized carbons (Fsp3) is 0.133. The van der Waals surface area contributed by atoms with Gasteiger partial charge in [-0.25, -0.2) is 4.98 Å². The number of pyridine rings is 1. The molecule has 0 atom stereocenters. The van der Waals surface area contributed by atoms with E-state index in [1.807, 2.05) is 47.1 Å². The molecule has 0 aliphatic carbocycles. The van der Waals surface area contributed by atoms with Gasteiger partial charge in [-0.05, 0) is 17.7 Å². The maximum atomic E-state index is 5.31. The van der Waals surface area contributed by atoms with Gasteiger partial charge in [-0.15, -0.1) is 0 Å². The topological polar surface area (TPSA) is 26.5 Å². The lowest BCUT2D eigenvalue weighted by Gasteiger charge is -1.99. The van der Waals surface area contributed by atoms with Crippen LogP contribution in [0.4, 0.5) is 0 Å². The average molecular weight is 238 g/mol. The Morgan fingerprint density at radius 3 is 2.72 bits per heavy atom. The number of rotatable bonds is 3. The molecule has 0 N–H and O–H groups in total. The van der Waals surface area contributed by atoms with Crippen LogP contribution >= 0.6 is 0 Å². The molecule has 2 heterocycles. The van der Waals surface area contributed by atoms with E-state index in [9.17, 15) is 0 Å². The van der Waals surface area contributed by atoms with E-state index >= 15 is 0 Å². The molecule has 0 aliphatic rings. The Bertz CT molecular complexity index is 659. The number of methoxy groups -OCH3 is 1. The van der Waals surface area contributed by atoms with Crippen LogP contribution in [0.3, 0.4) is 0 Å². The van der Waals surface area contributed by atoms with E-state index in [1.54, 1.807) is 7.11 Å². The molecular weight excluding hydrogens is 224 g/mol. The van der Waals surface area contributed by atoms with Crippen molar-refractivity contribution in [2.24, 2.45) is 0 Å². The molecule has 0 unspecified atom stereocenters. The molecule has 0 bridgehead atoms. The third-order valence-corrected chi connectivity index (χ3v) is 2.94. The number of hydrogen-bond donors (Lipinski definition) is 0. The Labute approximate surface area is 106 Å². The van der Waals surface area contributed by atoms with E-state index in [-0.39, 0.29) is 0 Å². The van der Waals surface area contributed by atoms with Crippen molar-refractivity contribution < 1.29 is 4.74 Å². The number of imidazole rings is 1. The van der Waals surface area contributed by atoms with Gasteiger partial charge in [0.05, 0.1) is 12.8 Å². The fourth-order valence-electron chi connectivity index (χ4n) is 2.09. The van der Waals surface area contributed by atoms with Gasteiger partial charge >= 0.3 is 0 Å². The highest BCUT2D eigenvalue weighted by atomic mass is 16.5. The van der Waals surface area contributed by atoms with Gasteiger partial charge in [-0.1, -0.05) is 30.3 Å². The molecule has 3 heteroatoms. The first-order valence-corrected chi connectivity index (χ1v) is 5.91. The lowest BCUT2D eigenvalue weighted by molar-refractivity contribution is 0.417. The quantitative estimate of drug-likeness (QED) is 0.701. The van der Waals surface area contributed by atoms with Crippen LogP contribution in [0.25, 0.3) is 5.65 Å². The first-order valence-electron chi connectivity index (χ1n) is 5.91. The van der Waals surface area contributed by atoms with Crippen LogP contribution < -0.4 is 4.74 Å². The molecule has 0 saturated carbocycles. The largest absolute Gasteiger partial charge is 0.493 e. The van der Waals surface area contributed by atoms with Crippen LogP contribution in [0.5, 0.6) is 5.75 Å². The normalized spacial score (nSPS) is 10.7. The van der Waals surface area contributed by atoms with Crippen molar-refractivity contribution in [1.82, 2.24) is 9.38 Å². The highest BCUT2D eigenvalue weighted by Gasteiger charge is 2.06. The van der Waals surface area contributed by atoms with Gasteiger partial charge in [0.15, 0.2) is 11.4 Å². The Kier molecular flexibility index (Phi) is 2.73. The maximum absolute atomic E-state index is 5.31. The fourth-order valence-corrected chi connectivity index (χ4v) is 2.09. The van der Waals surface area contributed by atoms with Crippen LogP contribution in [0.1, 0.15) is 11.3 Å². The summed E-state index contributed by atoms with van der Waals surface area (Å²) in [5.74, 6) is 0.803. The van der Waals surface area contributed by atoms with E-state index in [4.69, 9.17) is 4.74 Å². The zero-order valence-electron chi connectivity index (χ0n) is 10.2. The molecule has 0 radical (unpaired) electrons. The van der Waals surface area contributed by atoms with Crippen LogP contribution in [0, 0.1) is 0 Å². The van der Waals surface area contributed by atoms with Crippen molar-refractivity contribution in [2.45, 2.75) is 6.42 Å². The van der Waals surface area contributed by atoms with Gasteiger partial charge in [0.2, 0.25) is 0 Å². The summed E-state index contributed by atoms with van der Waals surface area (Å²) in [6, 6.07) is 14.2. The highest BCUT2D eigenvalue weighted by molar-refractivity contribution is 5.54. The average Bonchev–Trinajstić information content (AvgIpc) is 2.82. The van der Waals surface area contributed by atoms with Gasteiger partial charge in [0.25, 0.3) is 0 Å². The van der Waals surface area contributed by atoms with Crippen molar-refractivity contribution in [3.63, 3.8) is 0 Å². The Hall–Kier alpha value is -2.29. The predicted octanol–water partition coefficient (Wildman–Crippen LogP) is 2.93. The minimum atomic E-state index is 0.803. The first kappa shape index (κ1) is 10.8. The summed E-state index contributed by atoms with van der Waals surface area (Å²) in [5.41, 5.74) is 3.18. The lowest BCUT2D eigenvalue weighted by Crippen LogP contribution is -1.89. The van der Waals surface area contributed by atoms with Crippen molar-refractivity contribution in [3.8, 4) is 5.75 Å². The molecule has 3 nitrogen and oxygen atoms in total. The summed E-state index contributed by atoms with van der Waals surface area (Å²) in [6.45, 7) is 0. The van der Waals surface area contributed by atoms with E-state index in [0.717, 1.165) is 23.5 Å². The number of aromatic nitrogens is 2. The minimum absolute atomic E-state index is 0.803. The third kappa shape index (κ3) is 1.95. The zero-order valence-corrected chi connectivity index (χ0v) is 10.2. The van der Waals surface area contributed by atoms with Crippen LogP contribution in [0.15, 0.2) is 54.9 Å². The van der Waals surface area contributed by atoms with Gasteiger partial charge < -0.3 is 9.14 Å². The second kappa shape index (κ2) is 4.53. The van der Waals surface area contributed by atoms with Crippen molar-refractivity contribution in [3.05, 3.63) is 66.1 Å². The second-order valence-electron chi connectivity index (χ2n) is 4.20. The van der Waals surface area contributed by atoms with Crippen molar-refractivity contribution >= 4 is 5.65 Å². The molecule has 3 rings (SSSR count). The van der Waals surface area contributed by atoms with Crippen LogP contribution in [0.2, 0.25) is 0 Å². The van der Waals surface area contributed by atoms with E-state index in [0.29, 0.717) is 0 Å². The molecule has 18 heavy (non-hydrogen) atoms. The molecule has 0 spiro atoms. The lowest BCUT2D eigenvalue weighted by atomic mass is 10.1. The first-order chi connectivity index (χ1) is 8.86. The molecule has 1 aromatic carbocycles. The van der Waals surface area contributed by atoms with E-state index < -0.39 is 0 Å². The minimum Gasteiger partial charge on any atom is -0.493 e. The molecule has 3 aromatic rings. The van der Waals surface area contributed by atoms with Crippen LogP contribution in [-0.2, 0) is 6.42 Å². The zero-order chi connectivity index (χ0) is 12.4. The summed E-state index contributed by atoms with van der Waals surface area (Å²) in [7, 11) is 1.67. The Balaban J connectivity index is 1.99. The Morgan fingerprint density at radius 2 is 1.94 bits per heavy atom. The second-order valence-corrected chi connectivity index (χ2v) is 4.20. The molecule has 2 aromatic heterocycles. The predicted molar refractivity (Wildman–Crippen MR) is 71.0 cm³/mol. The summed E-state index contributed by atoms with van der Waals surface area (Å²) in [6.07, 6.45) is 4.87. The summed E-state index contributed by atoms with van der Waals surface area (Å²) < 4.78 is 7.30. The molecule has 0 aliphatic heterocycles. The van der Waals surface area contributed by atoms with Gasteiger partial charge in [0.1, 0.15) is 0 Å². The molecular formula is C15H14N2O. The molecule has 0 amide bonds. The number of ether oxygens (including phenoxy) is 1. The molecule has 0 fully saturated rings. The molecule has 90 valence electrons. The van der Waals surface area contributed by atoms with Crippen LogP contribution in [-0.4, -0.2) is 16.5 Å². The Morgan fingerprint density at radius 1 is 1.11 bits per heavy atom. The van der Waals surface area contributed by atoms with Gasteiger partial charge in [-0.3, -0.25) is 0 Å². The summed E-state index contributed by atoms with van der Waals surface area (Å²) in [4.78, 5) is 4.62. The number of hydrogen-bond acceptors (Lipinski definition) is 2. The third-order valence-electron chi connectivity index (χ3n) is 2.94. The van der Waals surface area contributed by atoms with Crippen molar-refractivity contribution in [1.29, 1.82) is 0 Å². The van der Waals surface area contributed by atoms with Gasteiger partial charge in [0, 0.05) is 18.8 Å². The summed E-state index contributed by atoms with van der Waals surface area (Å²) in [5, 5.41) is 0. The highest BCUT2D eigenvalue weighted by Crippen LogP contribution is 2.19. The molecule has 0 saturated heterocycles. The SMILES string of the molecule is COc1cccn2cc(Cc3ccccc3)nc12. The van der Waals surface area contributed by atoms with Crippen molar-refractivity contribution in [2.75, 3.05) is 7.11 Å². The number of fused-ring (bicyclic) bond motifs is 1. The number of nitrogens with zero attached hydrogens (tertiary/aromatic N) is 2. The van der Waals surface area contributed by atoms with Gasteiger partial charge in [-0.2, -0.15) is 0 Å². The number of benzene rings is 1. The van der Waals surface area contributed by atoms with E-state index in [2.05, 4.69) is 17.1 Å². The monoisotopic (exact) mass is 238 g/mol. The standard InChI is InChI=1S/C15H14N2O/c1-18-14-8-5-9-17-11-13(16-15(14)17)10-12-6-3-2-4-7-12/h2-9,11H,10H2,1H3. The van der Waals surface area contributed by atoms with E-state index in [1.165, 1.54) is 5.56 Å².